The van der Waals surface area contributed by atoms with Gasteiger partial charge in [0.05, 0.1) is 18.7 Å². The fourth-order valence-electron chi connectivity index (χ4n) is 2.12. The number of nitrogens with zero attached hydrogens (tertiary/aromatic N) is 1. The Morgan fingerprint density at radius 2 is 2.14 bits per heavy atom. The second kappa shape index (κ2) is 6.85. The molecule has 0 aliphatic heterocycles. The minimum absolute atomic E-state index is 0.00879. The molecule has 5 heteroatoms. The maximum absolute atomic E-state index is 12.0. The number of carbonyl (C=O) groups excluding carboxylic acids is 1. The summed E-state index contributed by atoms with van der Waals surface area (Å²) in [6.45, 7) is 2.65. The minimum atomic E-state index is 0.00879. The summed E-state index contributed by atoms with van der Waals surface area (Å²) in [5, 5.41) is 7.86. The minimum Gasteiger partial charge on any atom is -0.351 e. The van der Waals surface area contributed by atoms with Crippen molar-refractivity contribution in [3.8, 4) is 10.6 Å². The van der Waals surface area contributed by atoms with Crippen LogP contribution in [0, 0.1) is 6.92 Å². The highest BCUT2D eigenvalue weighted by molar-refractivity contribution is 7.13. The highest BCUT2D eigenvalue weighted by Crippen LogP contribution is 2.24. The van der Waals surface area contributed by atoms with Crippen molar-refractivity contribution < 1.29 is 4.79 Å². The summed E-state index contributed by atoms with van der Waals surface area (Å²) in [5.74, 6) is 0.00879. The first-order valence-corrected chi connectivity index (χ1v) is 8.77. The van der Waals surface area contributed by atoms with Crippen molar-refractivity contribution in [1.82, 2.24) is 10.3 Å². The Balaban J connectivity index is 1.60. The van der Waals surface area contributed by atoms with E-state index in [0.717, 1.165) is 21.1 Å². The molecule has 2 heterocycles. The van der Waals surface area contributed by atoms with E-state index in [1.54, 1.807) is 22.7 Å². The van der Waals surface area contributed by atoms with Crippen LogP contribution in [0.1, 0.15) is 16.1 Å². The Kier molecular flexibility index (Phi) is 4.65. The van der Waals surface area contributed by atoms with E-state index in [2.05, 4.69) is 29.4 Å². The highest BCUT2D eigenvalue weighted by atomic mass is 32.1. The molecule has 0 aliphatic rings. The van der Waals surface area contributed by atoms with E-state index in [-0.39, 0.29) is 5.91 Å². The summed E-state index contributed by atoms with van der Waals surface area (Å²) in [7, 11) is 0. The van der Waals surface area contributed by atoms with Crippen molar-refractivity contribution >= 4 is 28.6 Å². The maximum Gasteiger partial charge on any atom is 0.226 e. The van der Waals surface area contributed by atoms with Gasteiger partial charge in [-0.2, -0.15) is 0 Å². The Hall–Kier alpha value is -1.98. The molecule has 3 nitrogen and oxygen atoms in total. The Bertz CT molecular complexity index is 763. The lowest BCUT2D eigenvalue weighted by atomic mass is 10.1. The zero-order valence-electron chi connectivity index (χ0n) is 12.2. The van der Waals surface area contributed by atoms with Gasteiger partial charge >= 0.3 is 0 Å². The van der Waals surface area contributed by atoms with Gasteiger partial charge in [0.25, 0.3) is 0 Å². The van der Waals surface area contributed by atoms with Crippen LogP contribution in [0.25, 0.3) is 10.6 Å². The second-order valence-electron chi connectivity index (χ2n) is 5.05. The molecular formula is C17H16N2OS2. The zero-order chi connectivity index (χ0) is 15.4. The molecule has 3 rings (SSSR count). The van der Waals surface area contributed by atoms with Crippen LogP contribution < -0.4 is 5.32 Å². The number of hydrogen-bond donors (Lipinski definition) is 1. The predicted octanol–water partition coefficient (Wildman–Crippen LogP) is 4.04. The van der Waals surface area contributed by atoms with Crippen molar-refractivity contribution in [3.63, 3.8) is 0 Å². The summed E-state index contributed by atoms with van der Waals surface area (Å²) in [5.41, 5.74) is 3.14. The SMILES string of the molecule is Cc1cccc(-c2nc(CC(=O)NCc3cccs3)cs2)c1. The van der Waals surface area contributed by atoms with Gasteiger partial charge in [-0.25, -0.2) is 4.98 Å². The van der Waals surface area contributed by atoms with Gasteiger partial charge in [-0.1, -0.05) is 29.8 Å². The van der Waals surface area contributed by atoms with Crippen molar-refractivity contribution in [2.24, 2.45) is 0 Å². The first-order valence-electron chi connectivity index (χ1n) is 7.01. The monoisotopic (exact) mass is 328 g/mol. The van der Waals surface area contributed by atoms with Crippen LogP contribution in [0.5, 0.6) is 0 Å². The largest absolute Gasteiger partial charge is 0.351 e. The molecule has 0 radical (unpaired) electrons. The topological polar surface area (TPSA) is 42.0 Å². The van der Waals surface area contributed by atoms with Gasteiger partial charge in [0, 0.05) is 15.8 Å². The molecule has 22 heavy (non-hydrogen) atoms. The number of nitrogens with one attached hydrogen (secondary N) is 1. The standard InChI is InChI=1S/C17H16N2OS2/c1-12-4-2-5-13(8-12)17-19-14(11-22-17)9-16(20)18-10-15-6-3-7-21-15/h2-8,11H,9-10H2,1H3,(H,18,20). The molecule has 1 aromatic carbocycles. The predicted molar refractivity (Wildman–Crippen MR) is 92.2 cm³/mol. The lowest BCUT2D eigenvalue weighted by Gasteiger charge is -2.01. The summed E-state index contributed by atoms with van der Waals surface area (Å²) in [4.78, 5) is 17.7. The molecule has 3 aromatic rings. The summed E-state index contributed by atoms with van der Waals surface area (Å²) >= 11 is 3.23. The lowest BCUT2D eigenvalue weighted by Crippen LogP contribution is -2.24. The van der Waals surface area contributed by atoms with Gasteiger partial charge in [-0.05, 0) is 24.4 Å². The molecule has 1 amide bonds. The van der Waals surface area contributed by atoms with E-state index in [0.29, 0.717) is 13.0 Å². The molecular weight excluding hydrogens is 312 g/mol. The number of amides is 1. The van der Waals surface area contributed by atoms with Crippen LogP contribution in [0.15, 0.2) is 47.2 Å². The number of rotatable bonds is 5. The van der Waals surface area contributed by atoms with Crippen LogP contribution in [0.3, 0.4) is 0 Å². The zero-order valence-corrected chi connectivity index (χ0v) is 13.8. The van der Waals surface area contributed by atoms with Crippen molar-refractivity contribution in [1.29, 1.82) is 0 Å². The fourth-order valence-corrected chi connectivity index (χ4v) is 3.59. The van der Waals surface area contributed by atoms with Gasteiger partial charge in [0.2, 0.25) is 5.91 Å². The maximum atomic E-state index is 12.0. The smallest absolute Gasteiger partial charge is 0.226 e. The molecule has 0 saturated carbocycles. The average molecular weight is 328 g/mol. The third-order valence-electron chi connectivity index (χ3n) is 3.20. The Morgan fingerprint density at radius 3 is 2.91 bits per heavy atom. The van der Waals surface area contributed by atoms with Gasteiger partial charge in [0.15, 0.2) is 0 Å². The molecule has 112 valence electrons. The van der Waals surface area contributed by atoms with E-state index >= 15 is 0 Å². The van der Waals surface area contributed by atoms with E-state index in [1.807, 2.05) is 35.0 Å². The molecule has 1 N–H and O–H groups in total. The number of hydrogen-bond acceptors (Lipinski definition) is 4. The molecule has 0 saturated heterocycles. The van der Waals surface area contributed by atoms with E-state index in [9.17, 15) is 4.79 Å². The summed E-state index contributed by atoms with van der Waals surface area (Å²) < 4.78 is 0. The lowest BCUT2D eigenvalue weighted by molar-refractivity contribution is -0.120. The van der Waals surface area contributed by atoms with Crippen LogP contribution in [0.4, 0.5) is 0 Å². The Labute approximate surface area is 137 Å². The van der Waals surface area contributed by atoms with Crippen LogP contribution in [0.2, 0.25) is 0 Å². The Morgan fingerprint density at radius 1 is 1.23 bits per heavy atom. The van der Waals surface area contributed by atoms with Gasteiger partial charge < -0.3 is 5.32 Å². The van der Waals surface area contributed by atoms with E-state index < -0.39 is 0 Å². The average Bonchev–Trinajstić information content (AvgIpc) is 3.16. The normalized spacial score (nSPS) is 10.6. The molecule has 0 bridgehead atoms. The summed E-state index contributed by atoms with van der Waals surface area (Å²) in [6, 6.07) is 12.3. The molecule has 0 aliphatic carbocycles. The number of thiophene rings is 1. The van der Waals surface area contributed by atoms with Crippen LogP contribution in [-0.4, -0.2) is 10.9 Å². The van der Waals surface area contributed by atoms with Crippen molar-refractivity contribution in [3.05, 3.63) is 63.3 Å². The first-order chi connectivity index (χ1) is 10.7. The second-order valence-corrected chi connectivity index (χ2v) is 6.94. The molecule has 0 fully saturated rings. The van der Waals surface area contributed by atoms with Gasteiger partial charge in [0.1, 0.15) is 5.01 Å². The number of benzene rings is 1. The molecule has 0 atom stereocenters. The van der Waals surface area contributed by atoms with Gasteiger partial charge in [-0.3, -0.25) is 4.79 Å². The highest BCUT2D eigenvalue weighted by Gasteiger charge is 2.09. The molecule has 2 aromatic heterocycles. The molecule has 0 spiro atoms. The molecule has 0 unspecified atom stereocenters. The van der Waals surface area contributed by atoms with Crippen LogP contribution in [-0.2, 0) is 17.8 Å². The summed E-state index contributed by atoms with van der Waals surface area (Å²) in [6.07, 6.45) is 0.327. The number of aryl methyl sites for hydroxylation is 1. The third-order valence-corrected chi connectivity index (χ3v) is 5.01. The fraction of sp³-hybridized carbons (Fsp3) is 0.176. The first kappa shape index (κ1) is 14.9. The van der Waals surface area contributed by atoms with E-state index in [4.69, 9.17) is 0 Å². The number of aromatic nitrogens is 1. The van der Waals surface area contributed by atoms with Crippen molar-refractivity contribution in [2.75, 3.05) is 0 Å². The van der Waals surface area contributed by atoms with Gasteiger partial charge in [-0.15, -0.1) is 22.7 Å². The number of thiazole rings is 1. The van der Waals surface area contributed by atoms with Crippen LogP contribution >= 0.6 is 22.7 Å². The van der Waals surface area contributed by atoms with Crippen molar-refractivity contribution in [2.45, 2.75) is 19.9 Å². The number of carbonyl (C=O) groups is 1. The van der Waals surface area contributed by atoms with E-state index in [1.165, 1.54) is 5.56 Å². The third kappa shape index (κ3) is 3.81. The quantitative estimate of drug-likeness (QED) is 0.768.